The first-order valence-electron chi connectivity index (χ1n) is 13.2. The molecule has 4 rings (SSSR count). The van der Waals surface area contributed by atoms with Crippen molar-refractivity contribution in [3.8, 4) is 11.4 Å². The van der Waals surface area contributed by atoms with Gasteiger partial charge in [-0.1, -0.05) is 45.0 Å². The van der Waals surface area contributed by atoms with Gasteiger partial charge in [-0.25, -0.2) is 13.9 Å². The molecule has 1 aliphatic heterocycles. The minimum Gasteiger partial charge on any atom is -0.339 e. The van der Waals surface area contributed by atoms with Crippen LogP contribution in [0.15, 0.2) is 48.5 Å². The Balaban J connectivity index is 1.45. The van der Waals surface area contributed by atoms with Crippen molar-refractivity contribution in [3.63, 3.8) is 0 Å². The van der Waals surface area contributed by atoms with E-state index in [-0.39, 0.29) is 17.6 Å². The molecule has 3 aromatic rings. The van der Waals surface area contributed by atoms with Crippen molar-refractivity contribution in [2.24, 2.45) is 18.4 Å². The fraction of sp³-hybridized carbons (Fsp3) is 0.429. The fourth-order valence-corrected chi connectivity index (χ4v) is 4.58. The molecule has 1 unspecified atom stereocenters. The van der Waals surface area contributed by atoms with Gasteiger partial charge >= 0.3 is 6.03 Å². The Hall–Kier alpha value is -4.35. The lowest BCUT2D eigenvalue weighted by atomic mass is 9.91. The first-order valence-corrected chi connectivity index (χ1v) is 13.2. The van der Waals surface area contributed by atoms with Crippen molar-refractivity contribution in [1.29, 1.82) is 0 Å². The minimum absolute atomic E-state index is 0.175. The maximum Gasteiger partial charge on any atom is 0.321 e. The van der Waals surface area contributed by atoms with Crippen LogP contribution < -0.4 is 16.0 Å². The molecule has 0 radical (unpaired) electrons. The van der Waals surface area contributed by atoms with E-state index in [1.165, 1.54) is 16.8 Å². The number of anilines is 1. The second kappa shape index (κ2) is 12.2. The molecule has 0 bridgehead atoms. The van der Waals surface area contributed by atoms with Gasteiger partial charge in [0.2, 0.25) is 5.91 Å². The van der Waals surface area contributed by atoms with Crippen LogP contribution in [0.1, 0.15) is 39.2 Å². The van der Waals surface area contributed by atoms with Crippen molar-refractivity contribution in [1.82, 2.24) is 35.7 Å². The average Bonchev–Trinajstić information content (AvgIpc) is 3.34. The average molecular weight is 551 g/mol. The molecule has 1 aliphatic rings. The van der Waals surface area contributed by atoms with Crippen molar-refractivity contribution in [2.45, 2.75) is 46.2 Å². The summed E-state index contributed by atoms with van der Waals surface area (Å²) in [6, 6.07) is 12.7. The number of carbonyl (C=O) groups is 3. The number of nitrogens with one attached hydrogen (secondary N) is 3. The Labute approximate surface area is 232 Å². The maximum atomic E-state index is 13.6. The van der Waals surface area contributed by atoms with E-state index in [1.807, 2.05) is 6.07 Å². The van der Waals surface area contributed by atoms with E-state index in [9.17, 15) is 18.8 Å². The van der Waals surface area contributed by atoms with Crippen LogP contribution in [0.2, 0.25) is 0 Å². The minimum atomic E-state index is -1.26. The van der Waals surface area contributed by atoms with Crippen LogP contribution in [-0.2, 0) is 23.1 Å². The zero-order valence-electron chi connectivity index (χ0n) is 23.1. The number of nitrogens with zero attached hydrogens (tertiary/aromatic N) is 5. The molecule has 40 heavy (non-hydrogen) atoms. The van der Waals surface area contributed by atoms with Gasteiger partial charge in [-0.15, -0.1) is 5.10 Å². The van der Waals surface area contributed by atoms with Gasteiger partial charge in [0.05, 0.1) is 0 Å². The van der Waals surface area contributed by atoms with Crippen LogP contribution in [0.25, 0.3) is 11.4 Å². The van der Waals surface area contributed by atoms with Gasteiger partial charge in [0.15, 0.2) is 12.0 Å². The summed E-state index contributed by atoms with van der Waals surface area (Å²) in [5.41, 5.74) is 1.38. The molecule has 0 aliphatic carbocycles. The van der Waals surface area contributed by atoms with E-state index in [4.69, 9.17) is 0 Å². The van der Waals surface area contributed by atoms with Crippen molar-refractivity contribution < 1.29 is 18.8 Å². The standard InChI is InChI=1S/C28H35FN8O3/c1-28(2,3)26(39)31-23(25(38)37-14-6-7-19(17-37)15-18-10-12-21(29)13-11-18)32-27(40)30-22-9-5-8-20(16-22)24-33-34-35-36(24)4/h5,8-13,16,19,23H,6-7,14-15,17H2,1-4H3,(H,31,39)(H2,30,32,40)/t19-,23?/m0/s1. The molecule has 1 aromatic heterocycles. The lowest BCUT2D eigenvalue weighted by Gasteiger charge is -2.36. The smallest absolute Gasteiger partial charge is 0.321 e. The van der Waals surface area contributed by atoms with Crippen LogP contribution in [0.5, 0.6) is 0 Å². The molecule has 0 saturated carbocycles. The summed E-state index contributed by atoms with van der Waals surface area (Å²) < 4.78 is 14.8. The summed E-state index contributed by atoms with van der Waals surface area (Å²) in [4.78, 5) is 41.2. The molecule has 2 heterocycles. The zero-order valence-corrected chi connectivity index (χ0v) is 23.1. The quantitative estimate of drug-likeness (QED) is 0.387. The Kier molecular flexibility index (Phi) is 8.76. The second-order valence-corrected chi connectivity index (χ2v) is 11.1. The third-order valence-corrected chi connectivity index (χ3v) is 6.75. The topological polar surface area (TPSA) is 134 Å². The number of piperidine rings is 1. The number of hydrogen-bond acceptors (Lipinski definition) is 6. The Morgan fingerprint density at radius 3 is 2.52 bits per heavy atom. The predicted octanol–water partition coefficient (Wildman–Crippen LogP) is 3.11. The number of likely N-dealkylation sites (tertiary alicyclic amines) is 1. The lowest BCUT2D eigenvalue weighted by molar-refractivity contribution is -0.140. The summed E-state index contributed by atoms with van der Waals surface area (Å²) in [6.45, 7) is 6.18. The SMILES string of the molecule is Cn1nnnc1-c1cccc(NC(=O)NC(NC(=O)C(C)(C)C)C(=O)N2CCC[C@@H](Cc3ccc(F)cc3)C2)c1. The number of amides is 4. The number of aryl methyl sites for hydroxylation is 1. The number of tetrazole rings is 1. The van der Waals surface area contributed by atoms with Crippen molar-refractivity contribution >= 4 is 23.5 Å². The van der Waals surface area contributed by atoms with Gasteiger partial charge in [-0.05, 0) is 65.4 Å². The fourth-order valence-electron chi connectivity index (χ4n) is 4.58. The third kappa shape index (κ3) is 7.39. The van der Waals surface area contributed by atoms with Crippen LogP contribution in [-0.4, -0.2) is 62.2 Å². The molecular weight excluding hydrogens is 515 g/mol. The highest BCUT2D eigenvalue weighted by atomic mass is 19.1. The van der Waals surface area contributed by atoms with Crippen molar-refractivity contribution in [3.05, 3.63) is 59.9 Å². The van der Waals surface area contributed by atoms with E-state index in [2.05, 4.69) is 31.5 Å². The second-order valence-electron chi connectivity index (χ2n) is 11.1. The third-order valence-electron chi connectivity index (χ3n) is 6.75. The number of urea groups is 1. The van der Waals surface area contributed by atoms with Crippen molar-refractivity contribution in [2.75, 3.05) is 18.4 Å². The van der Waals surface area contributed by atoms with Gasteiger partial charge in [0, 0.05) is 36.8 Å². The van der Waals surface area contributed by atoms with Crippen LogP contribution in [0, 0.1) is 17.2 Å². The Bertz CT molecular complexity index is 1350. The van der Waals surface area contributed by atoms with E-state index in [0.717, 1.165) is 18.4 Å². The largest absolute Gasteiger partial charge is 0.339 e. The van der Waals surface area contributed by atoms with Gasteiger partial charge in [0.25, 0.3) is 5.91 Å². The molecule has 2 atom stereocenters. The maximum absolute atomic E-state index is 13.6. The van der Waals surface area contributed by atoms with Gasteiger partial charge in [-0.2, -0.15) is 0 Å². The molecule has 212 valence electrons. The molecule has 4 amide bonds. The number of aromatic nitrogens is 4. The zero-order chi connectivity index (χ0) is 28.9. The molecule has 1 saturated heterocycles. The summed E-state index contributed by atoms with van der Waals surface area (Å²) in [5.74, 6) is -0.356. The summed E-state index contributed by atoms with van der Waals surface area (Å²) in [7, 11) is 1.71. The normalized spacial score (nSPS) is 16.2. The van der Waals surface area contributed by atoms with Gasteiger partial charge in [0.1, 0.15) is 5.82 Å². The number of benzene rings is 2. The first-order chi connectivity index (χ1) is 19.0. The molecule has 0 spiro atoms. The molecule has 1 fully saturated rings. The molecular formula is C28H35FN8O3. The molecule has 3 N–H and O–H groups in total. The van der Waals surface area contributed by atoms with E-state index in [1.54, 1.807) is 63.1 Å². The summed E-state index contributed by atoms with van der Waals surface area (Å²) in [6.07, 6.45) is 1.15. The van der Waals surface area contributed by atoms with Crippen LogP contribution in [0.3, 0.4) is 0 Å². The highest BCUT2D eigenvalue weighted by Crippen LogP contribution is 2.23. The van der Waals surface area contributed by atoms with Gasteiger partial charge < -0.3 is 20.9 Å². The highest BCUT2D eigenvalue weighted by molar-refractivity contribution is 5.96. The molecule has 2 aromatic carbocycles. The van der Waals surface area contributed by atoms with E-state index in [0.29, 0.717) is 36.6 Å². The number of rotatable bonds is 7. The lowest BCUT2D eigenvalue weighted by Crippen LogP contribution is -2.60. The number of halogens is 1. The van der Waals surface area contributed by atoms with Crippen LogP contribution in [0.4, 0.5) is 14.9 Å². The summed E-state index contributed by atoms with van der Waals surface area (Å²) >= 11 is 0. The molecule has 12 heteroatoms. The Morgan fingerprint density at radius 1 is 1.10 bits per heavy atom. The van der Waals surface area contributed by atoms with E-state index >= 15 is 0 Å². The van der Waals surface area contributed by atoms with E-state index < -0.39 is 23.5 Å². The highest BCUT2D eigenvalue weighted by Gasteiger charge is 2.33. The number of hydrogen-bond donors (Lipinski definition) is 3. The predicted molar refractivity (Wildman–Crippen MR) is 147 cm³/mol. The first kappa shape index (κ1) is 28.7. The monoisotopic (exact) mass is 550 g/mol. The summed E-state index contributed by atoms with van der Waals surface area (Å²) in [5, 5.41) is 19.5. The molecule has 11 nitrogen and oxygen atoms in total. The van der Waals surface area contributed by atoms with Crippen LogP contribution >= 0.6 is 0 Å². The number of carbonyl (C=O) groups excluding carboxylic acids is 3. The van der Waals surface area contributed by atoms with Gasteiger partial charge in [-0.3, -0.25) is 9.59 Å². The Morgan fingerprint density at radius 2 is 1.85 bits per heavy atom.